The van der Waals surface area contributed by atoms with Crippen molar-refractivity contribution in [2.75, 3.05) is 32.1 Å². The Morgan fingerprint density at radius 2 is 1.94 bits per heavy atom. The molecule has 2 aromatic heterocycles. The van der Waals surface area contributed by atoms with Crippen LogP contribution in [0.2, 0.25) is 0 Å². The number of anilines is 1. The third-order valence-corrected chi connectivity index (χ3v) is 8.13. The Kier molecular flexibility index (Phi) is 6.57. The molecule has 2 N–H and O–H groups in total. The maximum absolute atomic E-state index is 13.1. The van der Waals surface area contributed by atoms with Crippen LogP contribution in [-0.4, -0.2) is 47.1 Å². The Labute approximate surface area is 207 Å². The zero-order valence-electron chi connectivity index (χ0n) is 21.0. The summed E-state index contributed by atoms with van der Waals surface area (Å²) >= 11 is 0. The van der Waals surface area contributed by atoms with Crippen LogP contribution < -0.4 is 10.1 Å². The van der Waals surface area contributed by atoms with Crippen LogP contribution >= 0.6 is 0 Å². The molecule has 184 valence electrons. The summed E-state index contributed by atoms with van der Waals surface area (Å²) < 4.78 is 7.64. The van der Waals surface area contributed by atoms with Crippen molar-refractivity contribution in [1.82, 2.24) is 14.5 Å². The number of aromatic amines is 1. The van der Waals surface area contributed by atoms with E-state index in [4.69, 9.17) is 4.74 Å². The number of hydrogen-bond donors (Lipinski definition) is 2. The fourth-order valence-electron chi connectivity index (χ4n) is 6.07. The molecule has 0 unspecified atom stereocenters. The monoisotopic (exact) mass is 473 g/mol. The third kappa shape index (κ3) is 4.43. The molecule has 35 heavy (non-hydrogen) atoms. The number of amides is 1. The Balaban J connectivity index is 1.24. The van der Waals surface area contributed by atoms with Crippen molar-refractivity contribution in [3.8, 4) is 11.8 Å². The molecule has 0 atom stereocenters. The second-order valence-electron chi connectivity index (χ2n) is 10.1. The van der Waals surface area contributed by atoms with E-state index >= 15 is 0 Å². The number of methoxy groups -OCH3 is 1. The predicted molar refractivity (Wildman–Crippen MR) is 138 cm³/mol. The second-order valence-corrected chi connectivity index (χ2v) is 10.1. The highest BCUT2D eigenvalue weighted by Gasteiger charge is 2.28. The number of nitrogens with zero attached hydrogens (tertiary/aromatic N) is 3. The first kappa shape index (κ1) is 23.5. The van der Waals surface area contributed by atoms with E-state index in [0.717, 1.165) is 61.3 Å². The molecular weight excluding hydrogens is 438 g/mol. The van der Waals surface area contributed by atoms with Crippen LogP contribution in [0.25, 0.3) is 10.9 Å². The number of likely N-dealkylation sites (tertiary alicyclic amines) is 1. The zero-order valence-corrected chi connectivity index (χ0v) is 21.0. The lowest BCUT2D eigenvalue weighted by atomic mass is 9.89. The summed E-state index contributed by atoms with van der Waals surface area (Å²) in [6.45, 7) is 6.16. The molecule has 2 aliphatic rings. The molecule has 1 saturated heterocycles. The molecule has 1 aliphatic heterocycles. The summed E-state index contributed by atoms with van der Waals surface area (Å²) in [4.78, 5) is 18.7. The number of nitrogens with one attached hydrogen (secondary N) is 2. The highest BCUT2D eigenvalue weighted by molar-refractivity contribution is 5.93. The van der Waals surface area contributed by atoms with E-state index < -0.39 is 0 Å². The summed E-state index contributed by atoms with van der Waals surface area (Å²) in [5, 5.41) is 14.2. The average Bonchev–Trinajstić information content (AvgIpc) is 3.59. The van der Waals surface area contributed by atoms with Gasteiger partial charge in [0.05, 0.1) is 19.2 Å². The number of aromatic nitrogens is 2. The Bertz CT molecular complexity index is 1270. The van der Waals surface area contributed by atoms with Crippen LogP contribution in [0.4, 0.5) is 5.82 Å². The first-order chi connectivity index (χ1) is 17.0. The standard InChI is InChI=1S/C28H35N5O2/c1-18-19(2)33(21-6-4-5-7-21)28(24(18)15-29)31-27(34)17-32-12-10-20(11-13-32)25-16-30-26-9-8-22(35-3)14-23(25)26/h8-9,14,16,20-21,30H,4-7,10-13,17H2,1-3H3,(H,31,34). The minimum Gasteiger partial charge on any atom is -0.497 e. The number of H-pyrrole nitrogens is 1. The summed E-state index contributed by atoms with van der Waals surface area (Å²) in [6, 6.07) is 8.87. The van der Waals surface area contributed by atoms with Gasteiger partial charge in [-0.15, -0.1) is 0 Å². The second kappa shape index (κ2) is 9.79. The molecule has 2 fully saturated rings. The SMILES string of the molecule is COc1ccc2[nH]cc(C3CCN(CC(=O)Nc4c(C#N)c(C)c(C)n4C4CCCC4)CC3)c2c1. The summed E-state index contributed by atoms with van der Waals surface area (Å²) in [7, 11) is 1.70. The van der Waals surface area contributed by atoms with Gasteiger partial charge in [0.2, 0.25) is 5.91 Å². The molecule has 5 rings (SSSR count). The van der Waals surface area contributed by atoms with E-state index in [9.17, 15) is 10.1 Å². The lowest BCUT2D eigenvalue weighted by Gasteiger charge is -2.31. The normalized spacial score (nSPS) is 17.7. The summed E-state index contributed by atoms with van der Waals surface area (Å²) in [6.07, 6.45) is 8.77. The molecule has 1 aliphatic carbocycles. The quantitative estimate of drug-likeness (QED) is 0.502. The highest BCUT2D eigenvalue weighted by Crippen LogP contribution is 2.38. The predicted octanol–water partition coefficient (Wildman–Crippen LogP) is 5.40. The molecule has 1 aromatic carbocycles. The van der Waals surface area contributed by atoms with Gasteiger partial charge in [-0.25, -0.2) is 0 Å². The van der Waals surface area contributed by atoms with Crippen molar-refractivity contribution in [2.24, 2.45) is 0 Å². The highest BCUT2D eigenvalue weighted by atomic mass is 16.5. The molecule has 0 bridgehead atoms. The minimum absolute atomic E-state index is 0.0338. The van der Waals surface area contributed by atoms with Gasteiger partial charge in [0.1, 0.15) is 17.6 Å². The Morgan fingerprint density at radius 1 is 1.20 bits per heavy atom. The van der Waals surface area contributed by atoms with Crippen molar-refractivity contribution < 1.29 is 9.53 Å². The fraction of sp³-hybridized carbons (Fsp3) is 0.500. The summed E-state index contributed by atoms with van der Waals surface area (Å²) in [5.41, 5.74) is 5.15. The zero-order chi connectivity index (χ0) is 24.5. The molecule has 1 amide bonds. The number of carbonyl (C=O) groups is 1. The van der Waals surface area contributed by atoms with Gasteiger partial charge < -0.3 is 19.6 Å². The number of piperidine rings is 1. The Hall–Kier alpha value is -3.24. The van der Waals surface area contributed by atoms with E-state index in [0.29, 0.717) is 29.9 Å². The molecule has 3 aromatic rings. The van der Waals surface area contributed by atoms with E-state index in [2.05, 4.69) is 51.1 Å². The van der Waals surface area contributed by atoms with Crippen LogP contribution in [0, 0.1) is 25.2 Å². The van der Waals surface area contributed by atoms with Crippen molar-refractivity contribution in [2.45, 2.75) is 64.3 Å². The maximum Gasteiger partial charge on any atom is 0.239 e. The van der Waals surface area contributed by atoms with E-state index in [1.807, 2.05) is 13.0 Å². The smallest absolute Gasteiger partial charge is 0.239 e. The van der Waals surface area contributed by atoms with Gasteiger partial charge in [-0.1, -0.05) is 12.8 Å². The average molecular weight is 474 g/mol. The van der Waals surface area contributed by atoms with Crippen molar-refractivity contribution >= 4 is 22.6 Å². The van der Waals surface area contributed by atoms with Crippen LogP contribution in [0.3, 0.4) is 0 Å². The van der Waals surface area contributed by atoms with Crippen molar-refractivity contribution in [1.29, 1.82) is 5.26 Å². The first-order valence-electron chi connectivity index (χ1n) is 12.8. The molecular formula is C28H35N5O2. The van der Waals surface area contributed by atoms with Gasteiger partial charge in [-0.05, 0) is 87.9 Å². The molecule has 7 nitrogen and oxygen atoms in total. The molecule has 0 spiro atoms. The van der Waals surface area contributed by atoms with Gasteiger partial charge >= 0.3 is 0 Å². The van der Waals surface area contributed by atoms with Crippen LogP contribution in [0.1, 0.15) is 72.9 Å². The minimum atomic E-state index is -0.0338. The molecule has 1 saturated carbocycles. The first-order valence-corrected chi connectivity index (χ1v) is 12.8. The van der Waals surface area contributed by atoms with Crippen molar-refractivity contribution in [3.05, 3.63) is 46.8 Å². The van der Waals surface area contributed by atoms with Crippen molar-refractivity contribution in [3.63, 3.8) is 0 Å². The molecule has 3 heterocycles. The van der Waals surface area contributed by atoms with Gasteiger partial charge in [0.25, 0.3) is 0 Å². The van der Waals surface area contributed by atoms with E-state index in [1.54, 1.807) is 7.11 Å². The fourth-order valence-corrected chi connectivity index (χ4v) is 6.07. The number of carbonyl (C=O) groups excluding carboxylic acids is 1. The van der Waals surface area contributed by atoms with Crippen LogP contribution in [-0.2, 0) is 4.79 Å². The molecule has 7 heteroatoms. The number of nitriles is 1. The lowest BCUT2D eigenvalue weighted by Crippen LogP contribution is -2.39. The number of benzene rings is 1. The topological polar surface area (TPSA) is 86.1 Å². The van der Waals surface area contributed by atoms with Gasteiger partial charge in [-0.2, -0.15) is 5.26 Å². The van der Waals surface area contributed by atoms with E-state index in [1.165, 1.54) is 23.8 Å². The number of rotatable bonds is 6. The van der Waals surface area contributed by atoms with Gasteiger partial charge in [0.15, 0.2) is 0 Å². The Morgan fingerprint density at radius 3 is 2.63 bits per heavy atom. The summed E-state index contributed by atoms with van der Waals surface area (Å²) in [5.74, 6) is 2.00. The van der Waals surface area contributed by atoms with Gasteiger partial charge in [0, 0.05) is 28.8 Å². The van der Waals surface area contributed by atoms with Gasteiger partial charge in [-0.3, -0.25) is 9.69 Å². The van der Waals surface area contributed by atoms with Crippen LogP contribution in [0.5, 0.6) is 5.75 Å². The van der Waals surface area contributed by atoms with E-state index in [-0.39, 0.29) is 5.91 Å². The molecule has 0 radical (unpaired) electrons. The maximum atomic E-state index is 13.1. The number of ether oxygens (including phenoxy) is 1. The largest absolute Gasteiger partial charge is 0.497 e. The number of fused-ring (bicyclic) bond motifs is 1. The van der Waals surface area contributed by atoms with Crippen LogP contribution in [0.15, 0.2) is 24.4 Å². The number of hydrogen-bond acceptors (Lipinski definition) is 4. The lowest BCUT2D eigenvalue weighted by molar-refractivity contribution is -0.117. The third-order valence-electron chi connectivity index (χ3n) is 8.13.